The summed E-state index contributed by atoms with van der Waals surface area (Å²) in [5.74, 6) is -0.832. The van der Waals surface area contributed by atoms with E-state index in [1.54, 1.807) is 19.9 Å². The second-order valence-corrected chi connectivity index (χ2v) is 3.10. The Hall–Kier alpha value is -1.78. The number of carbonyl (C=O) groups excluding carboxylic acids is 1. The van der Waals surface area contributed by atoms with Gasteiger partial charge in [-0.2, -0.15) is 0 Å². The van der Waals surface area contributed by atoms with E-state index in [4.69, 9.17) is 9.52 Å². The molecule has 0 bridgehead atoms. The molecule has 0 atom stereocenters. The normalized spacial score (nSPS) is 10.0. The van der Waals surface area contributed by atoms with E-state index in [-0.39, 0.29) is 12.5 Å². The highest BCUT2D eigenvalue weighted by Crippen LogP contribution is 2.11. The average Bonchev–Trinajstić information content (AvgIpc) is 2.59. The summed E-state index contributed by atoms with van der Waals surface area (Å²) >= 11 is 0. The van der Waals surface area contributed by atoms with Crippen LogP contribution in [-0.2, 0) is 4.79 Å². The second kappa shape index (κ2) is 4.63. The predicted molar refractivity (Wildman–Crippen MR) is 52.7 cm³/mol. The Labute approximate surface area is 87.3 Å². The molecule has 82 valence electrons. The zero-order valence-corrected chi connectivity index (χ0v) is 8.69. The Kier molecular flexibility index (Phi) is 3.49. The van der Waals surface area contributed by atoms with Crippen LogP contribution < -0.4 is 0 Å². The van der Waals surface area contributed by atoms with Crippen molar-refractivity contribution in [3.63, 3.8) is 0 Å². The summed E-state index contributed by atoms with van der Waals surface area (Å²) in [6, 6.07) is 1.54. The van der Waals surface area contributed by atoms with Crippen molar-refractivity contribution >= 4 is 11.9 Å². The topological polar surface area (TPSA) is 70.8 Å². The van der Waals surface area contributed by atoms with Gasteiger partial charge in [0.2, 0.25) is 0 Å². The largest absolute Gasteiger partial charge is 0.480 e. The maximum Gasteiger partial charge on any atom is 0.323 e. The molecule has 0 spiro atoms. The van der Waals surface area contributed by atoms with Crippen LogP contribution in [0.25, 0.3) is 0 Å². The van der Waals surface area contributed by atoms with Crippen LogP contribution in [0.3, 0.4) is 0 Å². The number of amides is 1. The molecule has 0 aliphatic rings. The number of hydrogen-bond acceptors (Lipinski definition) is 3. The maximum absolute atomic E-state index is 11.8. The van der Waals surface area contributed by atoms with Crippen LogP contribution in [0.2, 0.25) is 0 Å². The van der Waals surface area contributed by atoms with Gasteiger partial charge in [-0.25, -0.2) is 0 Å². The van der Waals surface area contributed by atoms with Gasteiger partial charge in [0, 0.05) is 6.54 Å². The van der Waals surface area contributed by atoms with Crippen LogP contribution in [0.4, 0.5) is 0 Å². The SMILES string of the molecule is CCN(CC(=O)O)C(=O)c1ccoc1C. The molecule has 0 saturated carbocycles. The van der Waals surface area contributed by atoms with Gasteiger partial charge < -0.3 is 14.4 Å². The van der Waals surface area contributed by atoms with Crippen LogP contribution in [0, 0.1) is 6.92 Å². The smallest absolute Gasteiger partial charge is 0.323 e. The summed E-state index contributed by atoms with van der Waals surface area (Å²) in [7, 11) is 0. The Morgan fingerprint density at radius 1 is 1.53 bits per heavy atom. The van der Waals surface area contributed by atoms with Crippen molar-refractivity contribution in [3.05, 3.63) is 23.7 Å². The number of carboxylic acid groups (broad SMARTS) is 1. The van der Waals surface area contributed by atoms with Crippen molar-refractivity contribution < 1.29 is 19.1 Å². The van der Waals surface area contributed by atoms with Crippen molar-refractivity contribution in [2.24, 2.45) is 0 Å². The molecule has 0 aliphatic carbocycles. The first-order valence-electron chi connectivity index (χ1n) is 4.61. The first-order valence-corrected chi connectivity index (χ1v) is 4.61. The Balaban J connectivity index is 2.82. The molecule has 1 aromatic heterocycles. The molecule has 1 amide bonds. The second-order valence-electron chi connectivity index (χ2n) is 3.10. The predicted octanol–water partition coefficient (Wildman–Crippen LogP) is 1.13. The van der Waals surface area contributed by atoms with Gasteiger partial charge in [0.25, 0.3) is 5.91 Å². The first-order chi connectivity index (χ1) is 7.06. The molecule has 1 rings (SSSR count). The molecule has 0 radical (unpaired) electrons. The minimum absolute atomic E-state index is 0.292. The molecule has 0 fully saturated rings. The van der Waals surface area contributed by atoms with Gasteiger partial charge in [-0.05, 0) is 19.9 Å². The number of aliphatic carboxylic acids is 1. The van der Waals surface area contributed by atoms with Gasteiger partial charge >= 0.3 is 5.97 Å². The number of likely N-dealkylation sites (N-methyl/N-ethyl adjacent to an activating group) is 1. The fraction of sp³-hybridized carbons (Fsp3) is 0.400. The molecule has 1 heterocycles. The van der Waals surface area contributed by atoms with Crippen LogP contribution in [-0.4, -0.2) is 35.0 Å². The van der Waals surface area contributed by atoms with Gasteiger partial charge in [-0.1, -0.05) is 0 Å². The van der Waals surface area contributed by atoms with Crippen molar-refractivity contribution in [3.8, 4) is 0 Å². The quantitative estimate of drug-likeness (QED) is 0.810. The van der Waals surface area contributed by atoms with Gasteiger partial charge in [0.1, 0.15) is 12.3 Å². The van der Waals surface area contributed by atoms with E-state index in [0.717, 1.165) is 0 Å². The first kappa shape index (κ1) is 11.3. The number of hydrogen-bond donors (Lipinski definition) is 1. The summed E-state index contributed by atoms with van der Waals surface area (Å²) in [6.45, 7) is 3.47. The van der Waals surface area contributed by atoms with E-state index < -0.39 is 5.97 Å². The van der Waals surface area contributed by atoms with Gasteiger partial charge in [-0.15, -0.1) is 0 Å². The van der Waals surface area contributed by atoms with Gasteiger partial charge in [0.15, 0.2) is 0 Å². The molecule has 15 heavy (non-hydrogen) atoms. The van der Waals surface area contributed by atoms with Crippen molar-refractivity contribution in [1.29, 1.82) is 0 Å². The highest BCUT2D eigenvalue weighted by Gasteiger charge is 2.19. The lowest BCUT2D eigenvalue weighted by molar-refractivity contribution is -0.137. The minimum atomic E-state index is -1.02. The third-order valence-electron chi connectivity index (χ3n) is 2.08. The minimum Gasteiger partial charge on any atom is -0.480 e. The van der Waals surface area contributed by atoms with E-state index in [9.17, 15) is 9.59 Å². The molecule has 0 saturated heterocycles. The van der Waals surface area contributed by atoms with E-state index in [2.05, 4.69) is 0 Å². The lowest BCUT2D eigenvalue weighted by atomic mass is 10.2. The summed E-state index contributed by atoms with van der Waals surface area (Å²) in [6.07, 6.45) is 1.41. The number of carboxylic acids is 1. The number of aryl methyl sites for hydroxylation is 1. The van der Waals surface area contributed by atoms with E-state index >= 15 is 0 Å². The maximum atomic E-state index is 11.8. The van der Waals surface area contributed by atoms with Crippen molar-refractivity contribution in [1.82, 2.24) is 4.90 Å². The van der Waals surface area contributed by atoms with E-state index in [1.807, 2.05) is 0 Å². The molecule has 0 aromatic carbocycles. The fourth-order valence-corrected chi connectivity index (χ4v) is 1.27. The Morgan fingerprint density at radius 3 is 2.60 bits per heavy atom. The third-order valence-corrected chi connectivity index (χ3v) is 2.08. The highest BCUT2D eigenvalue weighted by atomic mass is 16.4. The molecule has 5 nitrogen and oxygen atoms in total. The zero-order chi connectivity index (χ0) is 11.4. The Morgan fingerprint density at radius 2 is 2.20 bits per heavy atom. The van der Waals surface area contributed by atoms with Crippen molar-refractivity contribution in [2.75, 3.05) is 13.1 Å². The standard InChI is InChI=1S/C10H13NO4/c1-3-11(6-9(12)13)10(14)8-4-5-15-7(8)2/h4-5H,3,6H2,1-2H3,(H,12,13). The van der Waals surface area contributed by atoms with Gasteiger partial charge in [0.05, 0.1) is 11.8 Å². The van der Waals surface area contributed by atoms with Crippen LogP contribution in [0.15, 0.2) is 16.7 Å². The monoisotopic (exact) mass is 211 g/mol. The average molecular weight is 211 g/mol. The lowest BCUT2D eigenvalue weighted by Crippen LogP contribution is -2.35. The molecular weight excluding hydrogens is 198 g/mol. The zero-order valence-electron chi connectivity index (χ0n) is 8.69. The summed E-state index contributed by atoms with van der Waals surface area (Å²) < 4.78 is 4.99. The van der Waals surface area contributed by atoms with Crippen LogP contribution in [0.1, 0.15) is 23.0 Å². The van der Waals surface area contributed by atoms with Gasteiger partial charge in [-0.3, -0.25) is 9.59 Å². The number of rotatable bonds is 4. The molecule has 0 aliphatic heterocycles. The number of nitrogens with zero attached hydrogens (tertiary/aromatic N) is 1. The van der Waals surface area contributed by atoms with Crippen LogP contribution in [0.5, 0.6) is 0 Å². The highest BCUT2D eigenvalue weighted by molar-refractivity contribution is 5.96. The molecule has 0 unspecified atom stereocenters. The molecule has 1 aromatic rings. The summed E-state index contributed by atoms with van der Waals surface area (Å²) in [5, 5.41) is 8.61. The van der Waals surface area contributed by atoms with Crippen LogP contribution >= 0.6 is 0 Å². The fourth-order valence-electron chi connectivity index (χ4n) is 1.27. The Bertz CT molecular complexity index is 369. The van der Waals surface area contributed by atoms with E-state index in [0.29, 0.717) is 17.9 Å². The molecular formula is C10H13NO4. The van der Waals surface area contributed by atoms with Crippen molar-refractivity contribution in [2.45, 2.75) is 13.8 Å². The summed E-state index contributed by atoms with van der Waals surface area (Å²) in [5.41, 5.74) is 0.415. The molecule has 1 N–H and O–H groups in total. The number of furan rings is 1. The lowest BCUT2D eigenvalue weighted by Gasteiger charge is -2.17. The summed E-state index contributed by atoms with van der Waals surface area (Å²) in [4.78, 5) is 23.6. The molecule has 5 heteroatoms. The third kappa shape index (κ3) is 2.59. The van der Waals surface area contributed by atoms with E-state index in [1.165, 1.54) is 11.2 Å². The number of carbonyl (C=O) groups is 2.